The molecule has 1 aliphatic rings. The lowest BCUT2D eigenvalue weighted by atomic mass is 9.93. The zero-order valence-corrected chi connectivity index (χ0v) is 29.0. The maximum absolute atomic E-state index is 12.8. The number of anilines is 1. The molecule has 258 valence electrons. The van der Waals surface area contributed by atoms with Gasteiger partial charge in [0.15, 0.2) is 0 Å². The number of pyridine rings is 3. The minimum Gasteiger partial charge on any atom is -0.374 e. The molecule has 0 aliphatic carbocycles. The Morgan fingerprint density at radius 3 is 2.58 bits per heavy atom. The minimum absolute atomic E-state index is 0.00259. The van der Waals surface area contributed by atoms with Gasteiger partial charge in [0.25, 0.3) is 11.5 Å². The van der Waals surface area contributed by atoms with Gasteiger partial charge in [0.1, 0.15) is 11.7 Å². The number of benzene rings is 3. The molecule has 6 aromatic rings. The predicted molar refractivity (Wildman–Crippen MR) is 203 cm³/mol. The molecule has 4 heterocycles. The van der Waals surface area contributed by atoms with Crippen molar-refractivity contribution >= 4 is 45.1 Å². The quantitative estimate of drug-likeness (QED) is 0.145. The predicted octanol–water partition coefficient (Wildman–Crippen LogP) is 5.69. The molecule has 1 fully saturated rings. The van der Waals surface area contributed by atoms with Crippen LogP contribution in [0, 0.1) is 18.8 Å². The van der Waals surface area contributed by atoms with Crippen molar-refractivity contribution in [2.45, 2.75) is 39.2 Å². The molecule has 3 aromatic carbocycles. The van der Waals surface area contributed by atoms with E-state index >= 15 is 0 Å². The number of piperidine rings is 1. The second kappa shape index (κ2) is 14.3. The molecule has 0 spiro atoms. The van der Waals surface area contributed by atoms with Gasteiger partial charge in [-0.15, -0.1) is 0 Å². The summed E-state index contributed by atoms with van der Waals surface area (Å²) < 4.78 is 1.73. The summed E-state index contributed by atoms with van der Waals surface area (Å²) in [6, 6.07) is 24.8. The molecule has 10 heteroatoms. The number of amides is 3. The fraction of sp³-hybridized carbons (Fsp3) is 0.190. The highest BCUT2D eigenvalue weighted by Crippen LogP contribution is 2.36. The number of nitrogens with zero attached hydrogens (tertiary/aromatic N) is 3. The first-order valence-corrected chi connectivity index (χ1v) is 17.1. The van der Waals surface area contributed by atoms with Gasteiger partial charge in [-0.1, -0.05) is 49.1 Å². The van der Waals surface area contributed by atoms with E-state index in [0.717, 1.165) is 61.7 Å². The highest BCUT2D eigenvalue weighted by molar-refractivity contribution is 6.05. The Balaban J connectivity index is 1.04. The normalized spacial score (nSPS) is 14.1. The molecule has 0 saturated carbocycles. The van der Waals surface area contributed by atoms with E-state index in [1.165, 1.54) is 0 Å². The van der Waals surface area contributed by atoms with Gasteiger partial charge in [-0.05, 0) is 90.4 Å². The van der Waals surface area contributed by atoms with Crippen molar-refractivity contribution in [2.24, 2.45) is 7.05 Å². The first-order valence-electron chi connectivity index (χ1n) is 17.1. The molecule has 0 radical (unpaired) electrons. The summed E-state index contributed by atoms with van der Waals surface area (Å²) in [4.78, 5) is 58.3. The number of carbonyl (C=O) groups is 3. The lowest BCUT2D eigenvalue weighted by Crippen LogP contribution is -2.47. The molecule has 3 aromatic heterocycles. The highest BCUT2D eigenvalue weighted by atomic mass is 16.2. The van der Waals surface area contributed by atoms with Crippen molar-refractivity contribution in [3.05, 3.63) is 124 Å². The number of fused-ring (bicyclic) bond motifs is 2. The van der Waals surface area contributed by atoms with Crippen LogP contribution in [-0.2, 0) is 23.1 Å². The molecule has 7 rings (SSSR count). The number of nitrogens with one attached hydrogen (secondary N) is 3. The van der Waals surface area contributed by atoms with Crippen molar-refractivity contribution in [3.8, 4) is 34.2 Å². The summed E-state index contributed by atoms with van der Waals surface area (Å²) in [7, 11) is 1.82. The van der Waals surface area contributed by atoms with Crippen LogP contribution in [0.2, 0.25) is 0 Å². The molecule has 3 amide bonds. The Labute approximate surface area is 300 Å². The van der Waals surface area contributed by atoms with Crippen LogP contribution < -0.4 is 21.5 Å². The molecule has 3 N–H and O–H groups in total. The molecule has 52 heavy (non-hydrogen) atoms. The van der Waals surface area contributed by atoms with Crippen LogP contribution >= 0.6 is 0 Å². The summed E-state index contributed by atoms with van der Waals surface area (Å²) in [5, 5.41) is 11.3. The van der Waals surface area contributed by atoms with E-state index in [-0.39, 0.29) is 35.5 Å². The topological polar surface area (TPSA) is 135 Å². The maximum atomic E-state index is 12.8. The molecule has 1 atom stereocenters. The largest absolute Gasteiger partial charge is 0.374 e. The van der Waals surface area contributed by atoms with Gasteiger partial charge in [-0.2, -0.15) is 0 Å². The number of aromatic nitrogens is 3. The van der Waals surface area contributed by atoms with Crippen LogP contribution in [0.1, 0.15) is 46.9 Å². The second-order valence-electron chi connectivity index (χ2n) is 12.9. The fourth-order valence-electron chi connectivity index (χ4n) is 6.53. The second-order valence-corrected chi connectivity index (χ2v) is 12.9. The lowest BCUT2D eigenvalue weighted by molar-refractivity contribution is -0.133. The van der Waals surface area contributed by atoms with Gasteiger partial charge < -0.3 is 15.2 Å². The van der Waals surface area contributed by atoms with Crippen molar-refractivity contribution < 1.29 is 14.4 Å². The molecular weight excluding hydrogens is 652 g/mol. The summed E-state index contributed by atoms with van der Waals surface area (Å²) in [5.74, 6) is 5.03. The number of hydrogen-bond donors (Lipinski definition) is 3. The standard InChI is InChI=1S/C42H36N6O4/c1-4-26-20-32(33-18-25(2)42(52)48(3)38(33)21-26)31-12-6-10-28-22-37(45-24-34(28)31)29-13-14-35(44-23-29)40(50)43-17-7-9-27-8-5-11-30(19-27)46-36-15-16-39(49)47-41(36)51/h5-6,8,10-14,18-24,36,46H,4,15-17H2,1-3H3,(H,43,50)(H,47,49,51). The summed E-state index contributed by atoms with van der Waals surface area (Å²) in [6.07, 6.45) is 5.08. The smallest absolute Gasteiger partial charge is 0.270 e. The van der Waals surface area contributed by atoms with Gasteiger partial charge in [0.05, 0.1) is 17.8 Å². The summed E-state index contributed by atoms with van der Waals surface area (Å²) in [5.41, 5.74) is 8.06. The highest BCUT2D eigenvalue weighted by Gasteiger charge is 2.26. The van der Waals surface area contributed by atoms with Gasteiger partial charge in [-0.25, -0.2) is 0 Å². The molecule has 1 unspecified atom stereocenters. The van der Waals surface area contributed by atoms with E-state index in [2.05, 4.69) is 64.0 Å². The molecule has 10 nitrogen and oxygen atoms in total. The number of hydrogen-bond acceptors (Lipinski definition) is 7. The monoisotopic (exact) mass is 688 g/mol. The van der Waals surface area contributed by atoms with Crippen LogP contribution in [0.3, 0.4) is 0 Å². The Morgan fingerprint density at radius 1 is 0.942 bits per heavy atom. The number of carbonyl (C=O) groups excluding carboxylic acids is 3. The van der Waals surface area contributed by atoms with Crippen LogP contribution in [0.5, 0.6) is 0 Å². The lowest BCUT2D eigenvalue weighted by Gasteiger charge is -2.22. The van der Waals surface area contributed by atoms with Gasteiger partial charge in [0, 0.05) is 59.0 Å². The van der Waals surface area contributed by atoms with Crippen molar-refractivity contribution in [2.75, 3.05) is 11.9 Å². The van der Waals surface area contributed by atoms with E-state index in [0.29, 0.717) is 24.0 Å². The van der Waals surface area contributed by atoms with Crippen molar-refractivity contribution in [3.63, 3.8) is 0 Å². The number of rotatable bonds is 7. The van der Waals surface area contributed by atoms with E-state index in [1.807, 2.05) is 68.7 Å². The SMILES string of the molecule is CCc1cc(-c2cccc3cc(-c4ccc(C(=O)NCC#Cc5cccc(NC6CCC(=O)NC6=O)c5)nc4)ncc23)c2cc(C)c(=O)n(C)c2c1. The number of imide groups is 1. The molecular formula is C42H36N6O4. The third-order valence-electron chi connectivity index (χ3n) is 9.35. The van der Waals surface area contributed by atoms with E-state index in [1.54, 1.807) is 16.8 Å². The zero-order chi connectivity index (χ0) is 36.4. The molecule has 1 aliphatic heterocycles. The van der Waals surface area contributed by atoms with Crippen molar-refractivity contribution in [1.29, 1.82) is 0 Å². The Hall–Kier alpha value is -6.60. The van der Waals surface area contributed by atoms with Gasteiger partial charge >= 0.3 is 0 Å². The summed E-state index contributed by atoms with van der Waals surface area (Å²) >= 11 is 0. The van der Waals surface area contributed by atoms with Crippen LogP contribution in [0.15, 0.2) is 96.1 Å². The summed E-state index contributed by atoms with van der Waals surface area (Å²) in [6.45, 7) is 4.08. The first kappa shape index (κ1) is 33.9. The van der Waals surface area contributed by atoms with Gasteiger partial charge in [0.2, 0.25) is 11.8 Å². The number of aryl methyl sites for hydroxylation is 3. The Kier molecular flexibility index (Phi) is 9.33. The zero-order valence-electron chi connectivity index (χ0n) is 29.0. The molecule has 1 saturated heterocycles. The third kappa shape index (κ3) is 6.89. The van der Waals surface area contributed by atoms with Gasteiger partial charge in [-0.3, -0.25) is 34.5 Å². The average Bonchev–Trinajstić information content (AvgIpc) is 3.16. The van der Waals surface area contributed by atoms with E-state index < -0.39 is 6.04 Å². The average molecular weight is 689 g/mol. The van der Waals surface area contributed by atoms with Crippen LogP contribution in [0.25, 0.3) is 44.1 Å². The van der Waals surface area contributed by atoms with E-state index in [9.17, 15) is 19.2 Å². The maximum Gasteiger partial charge on any atom is 0.270 e. The molecule has 0 bridgehead atoms. The fourth-order valence-corrected chi connectivity index (χ4v) is 6.53. The third-order valence-corrected chi connectivity index (χ3v) is 9.35. The van der Waals surface area contributed by atoms with Crippen molar-refractivity contribution in [1.82, 2.24) is 25.2 Å². The van der Waals surface area contributed by atoms with Crippen LogP contribution in [0.4, 0.5) is 5.69 Å². The Bertz CT molecular complexity index is 2530. The first-order chi connectivity index (χ1) is 25.2. The minimum atomic E-state index is -0.483. The van der Waals surface area contributed by atoms with Crippen LogP contribution in [-0.4, -0.2) is 44.8 Å². The van der Waals surface area contributed by atoms with E-state index in [4.69, 9.17) is 4.98 Å². The Morgan fingerprint density at radius 2 is 1.79 bits per heavy atom.